The molecule has 2 fully saturated rings. The van der Waals surface area contributed by atoms with Crippen LogP contribution >= 0.6 is 11.6 Å². The summed E-state index contributed by atoms with van der Waals surface area (Å²) in [6.45, 7) is 4.08. The van der Waals surface area contributed by atoms with Crippen LogP contribution in [-0.2, 0) is 0 Å². The van der Waals surface area contributed by atoms with Crippen molar-refractivity contribution in [3.63, 3.8) is 0 Å². The summed E-state index contributed by atoms with van der Waals surface area (Å²) in [4.78, 5) is 18.2. The predicted molar refractivity (Wildman–Crippen MR) is 130 cm³/mol. The first-order chi connectivity index (χ1) is 15.5. The van der Waals surface area contributed by atoms with E-state index in [4.69, 9.17) is 16.6 Å². The Morgan fingerprint density at radius 1 is 1.03 bits per heavy atom. The third-order valence-corrected chi connectivity index (χ3v) is 7.35. The van der Waals surface area contributed by atoms with Crippen LogP contribution in [0.3, 0.4) is 0 Å². The van der Waals surface area contributed by atoms with E-state index in [9.17, 15) is 0 Å². The molecule has 1 N–H and O–H groups in total. The largest absolute Gasteiger partial charge is 0.367 e. The van der Waals surface area contributed by atoms with Crippen molar-refractivity contribution >= 4 is 28.3 Å². The Kier molecular flexibility index (Phi) is 6.07. The molecule has 0 spiro atoms. The zero-order chi connectivity index (χ0) is 22.2. The standard InChI is InChI=1S/C24H32ClN7/c1-29(2)32-15-13-31(14-16-32)20-10-4-8-18-23(20)28-24(27-18)21-11-5-9-19(30(21)3)22-17(25)7-6-12-26-22/h4,6-8,10,12,19,21H,5,9,11,13-16H2,1-3H3,(H,27,28)/t19-,21+/m0/s1. The van der Waals surface area contributed by atoms with Crippen LogP contribution in [0.15, 0.2) is 36.5 Å². The summed E-state index contributed by atoms with van der Waals surface area (Å²) in [5.74, 6) is 1.04. The number of nitrogens with one attached hydrogen (secondary N) is 1. The summed E-state index contributed by atoms with van der Waals surface area (Å²) >= 11 is 6.49. The van der Waals surface area contributed by atoms with Crippen LogP contribution in [0.1, 0.15) is 42.9 Å². The van der Waals surface area contributed by atoms with E-state index < -0.39 is 0 Å². The number of hydrazine groups is 1. The molecule has 32 heavy (non-hydrogen) atoms. The second-order valence-corrected chi connectivity index (χ2v) is 9.49. The zero-order valence-corrected chi connectivity index (χ0v) is 19.9. The van der Waals surface area contributed by atoms with Crippen LogP contribution < -0.4 is 4.90 Å². The Balaban J connectivity index is 1.42. The first-order valence-corrected chi connectivity index (χ1v) is 11.9. The number of piperidine rings is 1. The van der Waals surface area contributed by atoms with Crippen molar-refractivity contribution in [2.45, 2.75) is 31.3 Å². The van der Waals surface area contributed by atoms with E-state index in [0.29, 0.717) is 0 Å². The average Bonchev–Trinajstić information content (AvgIpc) is 3.24. The molecule has 7 nitrogen and oxygen atoms in total. The number of piperazine rings is 1. The summed E-state index contributed by atoms with van der Waals surface area (Å²) in [6.07, 6.45) is 5.10. The molecule has 0 radical (unpaired) electrons. The molecule has 1 aromatic carbocycles. The molecule has 0 bridgehead atoms. The number of aromatic nitrogens is 3. The number of anilines is 1. The Morgan fingerprint density at radius 2 is 1.81 bits per heavy atom. The normalized spacial score (nSPS) is 23.3. The van der Waals surface area contributed by atoms with E-state index in [1.54, 1.807) is 0 Å². The fraction of sp³-hybridized carbons (Fsp3) is 0.500. The summed E-state index contributed by atoms with van der Waals surface area (Å²) < 4.78 is 0. The minimum Gasteiger partial charge on any atom is -0.367 e. The summed E-state index contributed by atoms with van der Waals surface area (Å²) in [7, 11) is 6.40. The van der Waals surface area contributed by atoms with Gasteiger partial charge in [0.15, 0.2) is 0 Å². The van der Waals surface area contributed by atoms with Crippen molar-refractivity contribution in [3.05, 3.63) is 53.1 Å². The van der Waals surface area contributed by atoms with E-state index in [-0.39, 0.29) is 12.1 Å². The zero-order valence-electron chi connectivity index (χ0n) is 19.1. The first kappa shape index (κ1) is 21.6. The minimum absolute atomic E-state index is 0.203. The van der Waals surface area contributed by atoms with Crippen molar-refractivity contribution in [3.8, 4) is 0 Å². The summed E-state index contributed by atoms with van der Waals surface area (Å²) in [6, 6.07) is 10.7. The molecule has 2 atom stereocenters. The average molecular weight is 454 g/mol. The number of hydrogen-bond donors (Lipinski definition) is 1. The molecule has 4 heterocycles. The van der Waals surface area contributed by atoms with Gasteiger partial charge in [-0.1, -0.05) is 17.7 Å². The number of benzene rings is 1. The molecule has 0 aliphatic carbocycles. The SMILES string of the molecule is CN1[C@@H](c2nc3cccc(N4CCN(N(C)C)CC4)c3[nH]2)CCC[C@H]1c1ncccc1Cl. The molecule has 8 heteroatoms. The number of fused-ring (bicyclic) bond motifs is 1. The molecule has 5 rings (SSSR count). The monoisotopic (exact) mass is 453 g/mol. The molecule has 3 aromatic rings. The van der Waals surface area contributed by atoms with Gasteiger partial charge in [0, 0.05) is 46.5 Å². The van der Waals surface area contributed by atoms with Gasteiger partial charge in [0.05, 0.1) is 39.5 Å². The predicted octanol–water partition coefficient (Wildman–Crippen LogP) is 4.11. The maximum absolute atomic E-state index is 6.49. The molecular weight excluding hydrogens is 422 g/mol. The number of H-pyrrole nitrogens is 1. The minimum atomic E-state index is 0.203. The molecule has 2 aliphatic heterocycles. The third-order valence-electron chi connectivity index (χ3n) is 7.03. The van der Waals surface area contributed by atoms with Gasteiger partial charge in [0.2, 0.25) is 0 Å². The second-order valence-electron chi connectivity index (χ2n) is 9.08. The highest BCUT2D eigenvalue weighted by Gasteiger charge is 2.33. The number of para-hydroxylation sites is 1. The van der Waals surface area contributed by atoms with Crippen molar-refractivity contribution in [1.29, 1.82) is 0 Å². The topological polar surface area (TPSA) is 54.5 Å². The summed E-state index contributed by atoms with van der Waals surface area (Å²) in [5.41, 5.74) is 4.41. The van der Waals surface area contributed by atoms with Gasteiger partial charge in [-0.05, 0) is 50.6 Å². The van der Waals surface area contributed by atoms with E-state index in [2.05, 4.69) is 69.1 Å². The first-order valence-electron chi connectivity index (χ1n) is 11.5. The number of pyridine rings is 1. The van der Waals surface area contributed by atoms with Crippen LogP contribution in [0.2, 0.25) is 5.02 Å². The molecule has 0 saturated carbocycles. The van der Waals surface area contributed by atoms with Gasteiger partial charge in [-0.15, -0.1) is 0 Å². The lowest BCUT2D eigenvalue weighted by Gasteiger charge is -2.39. The fourth-order valence-corrected chi connectivity index (χ4v) is 5.47. The number of rotatable bonds is 4. The smallest absolute Gasteiger partial charge is 0.124 e. The van der Waals surface area contributed by atoms with E-state index in [1.807, 2.05) is 18.3 Å². The quantitative estimate of drug-likeness (QED) is 0.641. The summed E-state index contributed by atoms with van der Waals surface area (Å²) in [5, 5.41) is 5.32. The van der Waals surface area contributed by atoms with Gasteiger partial charge in [-0.2, -0.15) is 0 Å². The number of aromatic amines is 1. The molecule has 170 valence electrons. The highest BCUT2D eigenvalue weighted by Crippen LogP contribution is 2.41. The van der Waals surface area contributed by atoms with Gasteiger partial charge in [0.1, 0.15) is 5.82 Å². The van der Waals surface area contributed by atoms with Gasteiger partial charge in [0.25, 0.3) is 0 Å². The van der Waals surface area contributed by atoms with Crippen molar-refractivity contribution in [2.24, 2.45) is 0 Å². The maximum Gasteiger partial charge on any atom is 0.124 e. The number of hydrogen-bond acceptors (Lipinski definition) is 6. The number of likely N-dealkylation sites (tertiary alicyclic amines) is 1. The lowest BCUT2D eigenvalue weighted by molar-refractivity contribution is 0.0201. The molecule has 2 aromatic heterocycles. The van der Waals surface area contributed by atoms with Crippen LogP contribution in [0.25, 0.3) is 11.0 Å². The van der Waals surface area contributed by atoms with Crippen molar-refractivity contribution in [1.82, 2.24) is 29.9 Å². The molecule has 0 unspecified atom stereocenters. The lowest BCUT2D eigenvalue weighted by atomic mass is 9.93. The maximum atomic E-state index is 6.49. The van der Waals surface area contributed by atoms with E-state index >= 15 is 0 Å². The van der Waals surface area contributed by atoms with Crippen LogP contribution in [0, 0.1) is 0 Å². The molecule has 2 saturated heterocycles. The number of nitrogens with zero attached hydrogens (tertiary/aromatic N) is 6. The number of imidazole rings is 1. The Bertz CT molecular complexity index is 1070. The highest BCUT2D eigenvalue weighted by molar-refractivity contribution is 6.31. The molecule has 2 aliphatic rings. The number of halogens is 1. The molecular formula is C24H32ClN7. The Hall–Kier alpha value is -2.19. The van der Waals surface area contributed by atoms with Gasteiger partial charge in [-0.3, -0.25) is 9.88 Å². The van der Waals surface area contributed by atoms with Gasteiger partial charge < -0.3 is 9.88 Å². The third kappa shape index (κ3) is 3.99. The fourth-order valence-electron chi connectivity index (χ4n) is 5.22. The van der Waals surface area contributed by atoms with Gasteiger partial charge >= 0.3 is 0 Å². The van der Waals surface area contributed by atoms with Gasteiger partial charge in [-0.25, -0.2) is 15.0 Å². The highest BCUT2D eigenvalue weighted by atomic mass is 35.5. The van der Waals surface area contributed by atoms with E-state index in [0.717, 1.165) is 73.0 Å². The van der Waals surface area contributed by atoms with Crippen LogP contribution in [-0.4, -0.2) is 77.2 Å². The molecule has 0 amide bonds. The van der Waals surface area contributed by atoms with Crippen LogP contribution in [0.4, 0.5) is 5.69 Å². The Morgan fingerprint density at radius 3 is 2.56 bits per heavy atom. The second kappa shape index (κ2) is 8.98. The lowest BCUT2D eigenvalue weighted by Crippen LogP contribution is -2.51. The van der Waals surface area contributed by atoms with Crippen molar-refractivity contribution < 1.29 is 0 Å². The van der Waals surface area contributed by atoms with Crippen molar-refractivity contribution in [2.75, 3.05) is 52.2 Å². The Labute approximate surface area is 194 Å². The van der Waals surface area contributed by atoms with Crippen LogP contribution in [0.5, 0.6) is 0 Å². The van der Waals surface area contributed by atoms with E-state index in [1.165, 1.54) is 5.69 Å².